The topological polar surface area (TPSA) is 26.0 Å². The molecule has 1 nitrogen and oxygen atoms in total. The fourth-order valence-corrected chi connectivity index (χ4v) is 2.83. The highest BCUT2D eigenvalue weighted by Crippen LogP contribution is 2.34. The Hall–Kier alpha value is -0.0400. The highest BCUT2D eigenvalue weighted by molar-refractivity contribution is 4.90. The second-order valence-electron chi connectivity index (χ2n) is 5.64. The first-order valence-electron chi connectivity index (χ1n) is 6.34. The third-order valence-corrected chi connectivity index (χ3v) is 3.81. The zero-order chi connectivity index (χ0) is 10.6. The number of hydrogen-bond acceptors (Lipinski definition) is 1. The van der Waals surface area contributed by atoms with Crippen LogP contribution < -0.4 is 5.73 Å². The molecule has 0 aliphatic heterocycles. The van der Waals surface area contributed by atoms with E-state index in [1.165, 1.54) is 44.9 Å². The molecule has 0 amide bonds. The van der Waals surface area contributed by atoms with Gasteiger partial charge in [-0.05, 0) is 43.9 Å². The third-order valence-electron chi connectivity index (χ3n) is 3.81. The zero-order valence-electron chi connectivity index (χ0n) is 10.2. The molecule has 0 heterocycles. The van der Waals surface area contributed by atoms with Crippen LogP contribution in [-0.2, 0) is 0 Å². The monoisotopic (exact) mass is 197 g/mol. The van der Waals surface area contributed by atoms with E-state index in [0.29, 0.717) is 0 Å². The van der Waals surface area contributed by atoms with Gasteiger partial charge in [0.05, 0.1) is 0 Å². The average Bonchev–Trinajstić information content (AvgIpc) is 2.11. The lowest BCUT2D eigenvalue weighted by molar-refractivity contribution is 0.204. The van der Waals surface area contributed by atoms with E-state index in [2.05, 4.69) is 20.8 Å². The van der Waals surface area contributed by atoms with Gasteiger partial charge < -0.3 is 5.73 Å². The molecule has 0 aromatic carbocycles. The van der Waals surface area contributed by atoms with Gasteiger partial charge in [0, 0.05) is 5.54 Å². The zero-order valence-corrected chi connectivity index (χ0v) is 10.2. The first-order valence-corrected chi connectivity index (χ1v) is 6.34. The fraction of sp³-hybridized carbons (Fsp3) is 1.00. The predicted octanol–water partition coefficient (Wildman–Crippen LogP) is 3.72. The molecule has 1 heteroatoms. The normalized spacial score (nSPS) is 35.6. The van der Waals surface area contributed by atoms with Crippen molar-refractivity contribution in [1.82, 2.24) is 0 Å². The van der Waals surface area contributed by atoms with Crippen LogP contribution in [0.25, 0.3) is 0 Å². The average molecular weight is 197 g/mol. The van der Waals surface area contributed by atoms with Gasteiger partial charge in [-0.1, -0.05) is 33.6 Å². The first-order chi connectivity index (χ1) is 6.56. The highest BCUT2D eigenvalue weighted by Gasteiger charge is 2.31. The Balaban J connectivity index is 2.34. The molecular formula is C13H27N. The van der Waals surface area contributed by atoms with E-state index in [4.69, 9.17) is 5.73 Å². The lowest BCUT2D eigenvalue weighted by Crippen LogP contribution is -2.44. The van der Waals surface area contributed by atoms with Crippen LogP contribution in [0, 0.1) is 11.8 Å². The molecule has 1 unspecified atom stereocenters. The van der Waals surface area contributed by atoms with Crippen molar-refractivity contribution in [2.75, 3.05) is 0 Å². The van der Waals surface area contributed by atoms with E-state index in [1.807, 2.05) is 0 Å². The van der Waals surface area contributed by atoms with Crippen LogP contribution in [0.5, 0.6) is 0 Å². The molecule has 1 aliphatic carbocycles. The number of rotatable bonds is 4. The van der Waals surface area contributed by atoms with Crippen LogP contribution in [0.2, 0.25) is 0 Å². The summed E-state index contributed by atoms with van der Waals surface area (Å²) in [6, 6.07) is 0. The van der Waals surface area contributed by atoms with Gasteiger partial charge in [0.25, 0.3) is 0 Å². The lowest BCUT2D eigenvalue weighted by Gasteiger charge is -2.38. The van der Waals surface area contributed by atoms with Gasteiger partial charge in [0.15, 0.2) is 0 Å². The molecule has 1 atom stereocenters. The van der Waals surface area contributed by atoms with E-state index in [9.17, 15) is 0 Å². The van der Waals surface area contributed by atoms with Crippen LogP contribution in [0.4, 0.5) is 0 Å². The molecule has 1 saturated carbocycles. The maximum absolute atomic E-state index is 6.45. The Labute approximate surface area is 89.5 Å². The number of nitrogens with two attached hydrogens (primary N) is 1. The van der Waals surface area contributed by atoms with Gasteiger partial charge >= 0.3 is 0 Å². The van der Waals surface area contributed by atoms with Gasteiger partial charge in [-0.25, -0.2) is 0 Å². The van der Waals surface area contributed by atoms with Crippen molar-refractivity contribution in [3.8, 4) is 0 Å². The molecule has 0 aromatic heterocycles. The molecular weight excluding hydrogens is 170 g/mol. The van der Waals surface area contributed by atoms with E-state index in [1.54, 1.807) is 0 Å². The van der Waals surface area contributed by atoms with Gasteiger partial charge in [-0.3, -0.25) is 0 Å². The van der Waals surface area contributed by atoms with Gasteiger partial charge in [0.1, 0.15) is 0 Å². The SMILES string of the molecule is CCCC(C)CC1(N)CCC(C)CC1. The second-order valence-corrected chi connectivity index (χ2v) is 5.64. The van der Waals surface area contributed by atoms with E-state index >= 15 is 0 Å². The molecule has 14 heavy (non-hydrogen) atoms. The summed E-state index contributed by atoms with van der Waals surface area (Å²) in [5, 5.41) is 0. The number of hydrogen-bond donors (Lipinski definition) is 1. The Kier molecular flexibility index (Phi) is 4.43. The molecule has 0 aromatic rings. The van der Waals surface area contributed by atoms with Crippen LogP contribution in [0.15, 0.2) is 0 Å². The Morgan fingerprint density at radius 1 is 1.36 bits per heavy atom. The van der Waals surface area contributed by atoms with Crippen molar-refractivity contribution < 1.29 is 0 Å². The summed E-state index contributed by atoms with van der Waals surface area (Å²) in [7, 11) is 0. The van der Waals surface area contributed by atoms with Crippen molar-refractivity contribution in [2.45, 2.75) is 71.3 Å². The Bertz CT molecular complexity index is 157. The largest absolute Gasteiger partial charge is 0.325 e. The maximum atomic E-state index is 6.45. The summed E-state index contributed by atoms with van der Waals surface area (Å²) in [4.78, 5) is 0. The summed E-state index contributed by atoms with van der Waals surface area (Å²) >= 11 is 0. The third kappa shape index (κ3) is 3.61. The van der Waals surface area contributed by atoms with Gasteiger partial charge in [-0.2, -0.15) is 0 Å². The van der Waals surface area contributed by atoms with Crippen molar-refractivity contribution in [3.05, 3.63) is 0 Å². The molecule has 1 rings (SSSR count). The fourth-order valence-electron chi connectivity index (χ4n) is 2.83. The van der Waals surface area contributed by atoms with Crippen molar-refractivity contribution in [1.29, 1.82) is 0 Å². The minimum absolute atomic E-state index is 0.182. The quantitative estimate of drug-likeness (QED) is 0.730. The van der Waals surface area contributed by atoms with Gasteiger partial charge in [-0.15, -0.1) is 0 Å². The van der Waals surface area contributed by atoms with Crippen molar-refractivity contribution in [3.63, 3.8) is 0 Å². The molecule has 2 N–H and O–H groups in total. The smallest absolute Gasteiger partial charge is 0.0157 e. The molecule has 0 radical (unpaired) electrons. The summed E-state index contributed by atoms with van der Waals surface area (Å²) in [5.74, 6) is 1.73. The summed E-state index contributed by atoms with van der Waals surface area (Å²) in [5.41, 5.74) is 6.63. The summed E-state index contributed by atoms with van der Waals surface area (Å²) in [6.45, 7) is 6.98. The Morgan fingerprint density at radius 2 is 1.93 bits per heavy atom. The van der Waals surface area contributed by atoms with Gasteiger partial charge in [0.2, 0.25) is 0 Å². The highest BCUT2D eigenvalue weighted by atomic mass is 14.7. The lowest BCUT2D eigenvalue weighted by atomic mass is 9.73. The minimum atomic E-state index is 0.182. The predicted molar refractivity (Wildman–Crippen MR) is 63.2 cm³/mol. The van der Waals surface area contributed by atoms with Crippen LogP contribution >= 0.6 is 0 Å². The maximum Gasteiger partial charge on any atom is 0.0157 e. The molecule has 0 spiro atoms. The summed E-state index contributed by atoms with van der Waals surface area (Å²) in [6.07, 6.45) is 9.07. The molecule has 1 aliphatic rings. The van der Waals surface area contributed by atoms with E-state index in [-0.39, 0.29) is 5.54 Å². The molecule has 1 fully saturated rings. The van der Waals surface area contributed by atoms with E-state index < -0.39 is 0 Å². The van der Waals surface area contributed by atoms with Crippen molar-refractivity contribution >= 4 is 0 Å². The minimum Gasteiger partial charge on any atom is -0.325 e. The first kappa shape index (κ1) is 12.0. The van der Waals surface area contributed by atoms with Crippen molar-refractivity contribution in [2.24, 2.45) is 17.6 Å². The molecule has 0 saturated heterocycles. The van der Waals surface area contributed by atoms with Crippen LogP contribution in [0.3, 0.4) is 0 Å². The van der Waals surface area contributed by atoms with Crippen LogP contribution in [-0.4, -0.2) is 5.54 Å². The summed E-state index contributed by atoms with van der Waals surface area (Å²) < 4.78 is 0. The van der Waals surface area contributed by atoms with E-state index in [0.717, 1.165) is 11.8 Å². The standard InChI is InChI=1S/C13H27N/c1-4-5-12(3)10-13(14)8-6-11(2)7-9-13/h11-12H,4-10,14H2,1-3H3. The van der Waals surface area contributed by atoms with Crippen LogP contribution in [0.1, 0.15) is 65.7 Å². The second kappa shape index (κ2) is 5.16. The Morgan fingerprint density at radius 3 is 2.43 bits per heavy atom. The molecule has 0 bridgehead atoms. The molecule has 84 valence electrons.